The van der Waals surface area contributed by atoms with Crippen molar-refractivity contribution in [3.8, 4) is 0 Å². The van der Waals surface area contributed by atoms with E-state index in [0.717, 1.165) is 28.5 Å². The van der Waals surface area contributed by atoms with Crippen LogP contribution in [0.15, 0.2) is 18.2 Å². The summed E-state index contributed by atoms with van der Waals surface area (Å²) in [7, 11) is 0. The van der Waals surface area contributed by atoms with Crippen LogP contribution in [0.1, 0.15) is 24.0 Å². The van der Waals surface area contributed by atoms with Crippen LogP contribution in [0, 0.1) is 5.82 Å². The van der Waals surface area contributed by atoms with E-state index in [9.17, 15) is 9.50 Å². The zero-order valence-corrected chi connectivity index (χ0v) is 12.2. The predicted molar refractivity (Wildman–Crippen MR) is 76.1 cm³/mol. The Morgan fingerprint density at radius 1 is 1.39 bits per heavy atom. The molecule has 0 aromatic heterocycles. The van der Waals surface area contributed by atoms with Gasteiger partial charge in [0.1, 0.15) is 0 Å². The third-order valence-corrected chi connectivity index (χ3v) is 9.34. The van der Waals surface area contributed by atoms with Crippen LogP contribution in [0.3, 0.4) is 0 Å². The van der Waals surface area contributed by atoms with Crippen molar-refractivity contribution in [2.45, 2.75) is 23.1 Å². The number of rotatable bonds is 1. The van der Waals surface area contributed by atoms with Crippen molar-refractivity contribution in [3.63, 3.8) is 0 Å². The number of benzene rings is 1. The molecule has 2 heterocycles. The molecule has 2 N–H and O–H groups in total. The average molecular weight is 365 g/mol. The van der Waals surface area contributed by atoms with Gasteiger partial charge in [0, 0.05) is 0 Å². The van der Waals surface area contributed by atoms with Gasteiger partial charge in [-0.05, 0) is 0 Å². The molecule has 1 aromatic rings. The van der Waals surface area contributed by atoms with Crippen LogP contribution in [0.5, 0.6) is 0 Å². The van der Waals surface area contributed by atoms with Gasteiger partial charge in [0.05, 0.1) is 0 Å². The van der Waals surface area contributed by atoms with Gasteiger partial charge in [-0.25, -0.2) is 0 Å². The van der Waals surface area contributed by atoms with Gasteiger partial charge < -0.3 is 0 Å². The number of ether oxygens (including phenoxy) is 1. The second kappa shape index (κ2) is 5.03. The minimum absolute atomic E-state index is 0.238. The summed E-state index contributed by atoms with van der Waals surface area (Å²) in [5.74, 6) is -0.238. The van der Waals surface area contributed by atoms with E-state index in [4.69, 9.17) is 4.74 Å². The molecule has 0 aliphatic carbocycles. The summed E-state index contributed by atoms with van der Waals surface area (Å²) < 4.78 is 22.3. The Balaban J connectivity index is 1.98. The van der Waals surface area contributed by atoms with Crippen LogP contribution in [-0.2, 0) is 15.0 Å². The first-order chi connectivity index (χ1) is 8.70. The van der Waals surface area contributed by atoms with Crippen LogP contribution in [0.25, 0.3) is 0 Å². The van der Waals surface area contributed by atoms with E-state index in [-0.39, 0.29) is 5.82 Å². The summed E-state index contributed by atoms with van der Waals surface area (Å²) in [6.45, 7) is 1.44. The third kappa shape index (κ3) is 2.17. The van der Waals surface area contributed by atoms with Gasteiger partial charge in [-0.15, -0.1) is 0 Å². The Bertz CT molecular complexity index is 451. The van der Waals surface area contributed by atoms with Crippen molar-refractivity contribution in [1.29, 1.82) is 0 Å². The fourth-order valence-corrected chi connectivity index (χ4v) is 8.24. The molecule has 1 fully saturated rings. The zero-order chi connectivity index (χ0) is 12.6. The zero-order valence-electron chi connectivity index (χ0n) is 10.1. The van der Waals surface area contributed by atoms with Gasteiger partial charge in [0.15, 0.2) is 0 Å². The monoisotopic (exact) mass is 365 g/mol. The van der Waals surface area contributed by atoms with Gasteiger partial charge in [-0.1, -0.05) is 0 Å². The Morgan fingerprint density at radius 3 is 3.06 bits per heavy atom. The van der Waals surface area contributed by atoms with Gasteiger partial charge in [-0.3, -0.25) is 0 Å². The molecule has 3 rings (SSSR count). The molecule has 18 heavy (non-hydrogen) atoms. The molecule has 100 valence electrons. The topological polar surface area (TPSA) is 41.5 Å². The van der Waals surface area contributed by atoms with Crippen molar-refractivity contribution < 1.29 is 14.2 Å². The van der Waals surface area contributed by atoms with E-state index in [0.29, 0.717) is 13.0 Å². The summed E-state index contributed by atoms with van der Waals surface area (Å²) >= 11 is -1.81. The first-order valence-corrected chi connectivity index (χ1v) is 9.93. The van der Waals surface area contributed by atoms with Gasteiger partial charge >= 0.3 is 114 Å². The Morgan fingerprint density at radius 2 is 2.28 bits per heavy atom. The summed E-state index contributed by atoms with van der Waals surface area (Å²) in [5.41, 5.74) is 1.68. The van der Waals surface area contributed by atoms with Crippen LogP contribution >= 0.6 is 20.1 Å². The van der Waals surface area contributed by atoms with Crippen LogP contribution in [-0.4, -0.2) is 22.7 Å². The number of alkyl halides is 2. The first-order valence-electron chi connectivity index (χ1n) is 6.25. The van der Waals surface area contributed by atoms with Crippen LogP contribution < -0.4 is 3.53 Å². The van der Waals surface area contributed by atoms with E-state index in [2.05, 4.69) is 3.53 Å². The van der Waals surface area contributed by atoms with Gasteiger partial charge in [0.2, 0.25) is 0 Å². The maximum absolute atomic E-state index is 13.3. The second-order valence-electron chi connectivity index (χ2n) is 4.60. The first kappa shape index (κ1) is 12.8. The molecule has 2 aliphatic rings. The SMILES string of the molecule is O[C@@]1(I2CCCCN2)OCCc2cc(F)ccc21. The summed E-state index contributed by atoms with van der Waals surface area (Å²) in [5, 5.41) is 10.9. The van der Waals surface area contributed by atoms with Crippen molar-refractivity contribution in [1.82, 2.24) is 3.53 Å². The number of hydrogen-bond acceptors (Lipinski definition) is 3. The van der Waals surface area contributed by atoms with E-state index in [1.807, 2.05) is 0 Å². The standard InChI is InChI=1S/C13H17FINO2/c14-11-3-4-12-10(9-11)5-8-18-13(12,17)15-6-1-2-7-16-15/h3-4,9,16-17H,1-2,5-8H2/t13-/m1/s1. The average Bonchev–Trinajstić information content (AvgIpc) is 2.40. The number of aliphatic hydroxyl groups is 1. The number of nitrogens with one attached hydrogen (secondary N) is 1. The van der Waals surface area contributed by atoms with Crippen molar-refractivity contribution in [2.24, 2.45) is 0 Å². The van der Waals surface area contributed by atoms with Gasteiger partial charge in [0.25, 0.3) is 0 Å². The third-order valence-electron chi connectivity index (χ3n) is 3.38. The van der Waals surface area contributed by atoms with Crippen molar-refractivity contribution >= 4 is 20.1 Å². The Labute approximate surface area is 113 Å². The normalized spacial score (nSPS) is 30.0. The summed E-state index contributed by atoms with van der Waals surface area (Å²) in [4.78, 5) is 0. The Hall–Kier alpha value is -0.240. The van der Waals surface area contributed by atoms with Crippen molar-refractivity contribution in [2.75, 3.05) is 17.6 Å². The molecule has 0 bridgehead atoms. The van der Waals surface area contributed by atoms with E-state index < -0.39 is 23.9 Å². The van der Waals surface area contributed by atoms with Crippen LogP contribution in [0.4, 0.5) is 4.39 Å². The molecule has 1 atom stereocenters. The maximum atomic E-state index is 13.3. The quantitative estimate of drug-likeness (QED) is 0.456. The molecule has 1 aromatic carbocycles. The van der Waals surface area contributed by atoms with E-state index >= 15 is 0 Å². The molecule has 5 heteroatoms. The predicted octanol–water partition coefficient (Wildman–Crippen LogP) is 2.31. The molecule has 3 nitrogen and oxygen atoms in total. The van der Waals surface area contributed by atoms with Crippen LogP contribution in [0.2, 0.25) is 0 Å². The number of hydrogen-bond donors (Lipinski definition) is 2. The minimum atomic E-state index is -1.81. The number of fused-ring (bicyclic) bond motifs is 1. The molecular weight excluding hydrogens is 348 g/mol. The van der Waals surface area contributed by atoms with E-state index in [1.54, 1.807) is 6.07 Å². The molecule has 0 amide bonds. The molecule has 2 aliphatic heterocycles. The summed E-state index contributed by atoms with van der Waals surface area (Å²) in [6.07, 6.45) is 3.00. The van der Waals surface area contributed by atoms with Gasteiger partial charge in [-0.2, -0.15) is 0 Å². The Kier molecular flexibility index (Phi) is 3.57. The fraction of sp³-hybridized carbons (Fsp3) is 0.538. The fourth-order valence-electron chi connectivity index (χ4n) is 2.45. The molecule has 0 saturated carbocycles. The molecular formula is C13H17FINO2. The molecule has 0 unspecified atom stereocenters. The second-order valence-corrected chi connectivity index (χ2v) is 9.97. The molecule has 1 saturated heterocycles. The summed E-state index contributed by atoms with van der Waals surface area (Å²) in [6, 6.07) is 4.64. The number of halogens is 2. The van der Waals surface area contributed by atoms with Crippen molar-refractivity contribution in [3.05, 3.63) is 35.1 Å². The molecule has 0 spiro atoms. The van der Waals surface area contributed by atoms with E-state index in [1.165, 1.54) is 18.6 Å². The molecule has 0 radical (unpaired) electrons.